The van der Waals surface area contributed by atoms with Crippen molar-refractivity contribution < 1.29 is 4.79 Å². The number of anilines is 1. The molecule has 0 N–H and O–H groups in total. The number of pyridine rings is 1. The third-order valence-electron chi connectivity index (χ3n) is 4.14. The summed E-state index contributed by atoms with van der Waals surface area (Å²) in [5.41, 5.74) is 0.991. The Morgan fingerprint density at radius 2 is 1.73 bits per heavy atom. The maximum absolute atomic E-state index is 13.2. The number of carbonyl (C=O) groups is 1. The number of amides is 1. The van der Waals surface area contributed by atoms with E-state index in [-0.39, 0.29) is 11.3 Å². The van der Waals surface area contributed by atoms with E-state index in [9.17, 15) is 4.79 Å². The molecule has 0 aliphatic heterocycles. The molecule has 1 heterocycles. The first kappa shape index (κ1) is 18.6. The van der Waals surface area contributed by atoms with Crippen LogP contribution in [0.3, 0.4) is 0 Å². The number of aromatic nitrogens is 1. The summed E-state index contributed by atoms with van der Waals surface area (Å²) < 4.78 is 1.03. The van der Waals surface area contributed by atoms with Crippen LogP contribution in [0.2, 0.25) is 0 Å². The highest BCUT2D eigenvalue weighted by molar-refractivity contribution is 9.10. The Morgan fingerprint density at radius 1 is 1.04 bits per heavy atom. The van der Waals surface area contributed by atoms with Crippen LogP contribution in [0.5, 0.6) is 0 Å². The number of halogens is 1. The summed E-state index contributed by atoms with van der Waals surface area (Å²) in [7, 11) is 0. The monoisotopic (exact) mass is 410 g/mol. The van der Waals surface area contributed by atoms with Crippen LogP contribution in [0, 0.1) is 5.41 Å². The van der Waals surface area contributed by atoms with Gasteiger partial charge in [-0.25, -0.2) is 4.98 Å². The predicted molar refractivity (Wildman–Crippen MR) is 111 cm³/mol. The average molecular weight is 411 g/mol. The molecule has 0 saturated heterocycles. The Labute approximate surface area is 163 Å². The molecule has 26 heavy (non-hydrogen) atoms. The zero-order chi connectivity index (χ0) is 18.7. The average Bonchev–Trinajstić information content (AvgIpc) is 2.59. The number of nitrogens with zero attached hydrogens (tertiary/aromatic N) is 2. The van der Waals surface area contributed by atoms with Crippen molar-refractivity contribution >= 4 is 38.4 Å². The van der Waals surface area contributed by atoms with Crippen LogP contribution in [-0.4, -0.2) is 10.9 Å². The van der Waals surface area contributed by atoms with Crippen LogP contribution in [0.4, 0.5) is 5.82 Å². The highest BCUT2D eigenvalue weighted by Gasteiger charge is 2.24. The molecule has 0 atom stereocenters. The number of benzene rings is 2. The van der Waals surface area contributed by atoms with E-state index >= 15 is 0 Å². The van der Waals surface area contributed by atoms with Crippen LogP contribution < -0.4 is 4.90 Å². The van der Waals surface area contributed by atoms with E-state index in [1.165, 1.54) is 0 Å². The summed E-state index contributed by atoms with van der Waals surface area (Å²) >= 11 is 3.46. The lowest BCUT2D eigenvalue weighted by Crippen LogP contribution is -2.34. The van der Waals surface area contributed by atoms with E-state index in [2.05, 4.69) is 41.7 Å². The molecule has 0 aliphatic carbocycles. The molecule has 0 fully saturated rings. The Balaban J connectivity index is 2.04. The molecule has 1 amide bonds. The predicted octanol–water partition coefficient (Wildman–Crippen LogP) is 5.97. The van der Waals surface area contributed by atoms with Crippen molar-refractivity contribution in [1.82, 2.24) is 4.98 Å². The second kappa shape index (κ2) is 7.58. The molecule has 0 unspecified atom stereocenters. The summed E-state index contributed by atoms with van der Waals surface area (Å²) in [4.78, 5) is 19.5. The molecule has 3 rings (SSSR count). The lowest BCUT2D eigenvalue weighted by Gasteiger charge is -2.27. The summed E-state index contributed by atoms with van der Waals surface area (Å²) in [6.45, 7) is 6.75. The molecule has 0 aliphatic rings. The first-order valence-electron chi connectivity index (χ1n) is 8.72. The van der Waals surface area contributed by atoms with Crippen molar-refractivity contribution in [3.8, 4) is 0 Å². The normalized spacial score (nSPS) is 11.5. The smallest absolute Gasteiger partial charge is 0.229 e. The van der Waals surface area contributed by atoms with E-state index in [1.807, 2.05) is 59.5 Å². The Morgan fingerprint density at radius 3 is 2.42 bits per heavy atom. The van der Waals surface area contributed by atoms with Gasteiger partial charge < -0.3 is 0 Å². The van der Waals surface area contributed by atoms with Crippen molar-refractivity contribution in [2.24, 2.45) is 5.41 Å². The van der Waals surface area contributed by atoms with E-state index < -0.39 is 0 Å². The van der Waals surface area contributed by atoms with Crippen LogP contribution >= 0.6 is 15.9 Å². The summed E-state index contributed by atoms with van der Waals surface area (Å²) in [6.07, 6.45) is 2.24. The number of carbonyl (C=O) groups excluding carboxylic acids is 1. The van der Waals surface area contributed by atoms with Crippen molar-refractivity contribution in [2.75, 3.05) is 4.90 Å². The molecule has 3 aromatic rings. The van der Waals surface area contributed by atoms with Gasteiger partial charge in [-0.1, -0.05) is 73.1 Å². The lowest BCUT2D eigenvalue weighted by atomic mass is 9.91. The molecule has 4 heteroatoms. The minimum atomic E-state index is -0.0837. The fourth-order valence-electron chi connectivity index (χ4n) is 2.92. The Hall–Kier alpha value is -2.20. The minimum absolute atomic E-state index is 0.0837. The van der Waals surface area contributed by atoms with Gasteiger partial charge in [-0.05, 0) is 34.6 Å². The molecule has 2 aromatic carbocycles. The first-order valence-corrected chi connectivity index (χ1v) is 9.51. The molecule has 0 bridgehead atoms. The third kappa shape index (κ3) is 4.50. The molecule has 0 saturated carbocycles. The van der Waals surface area contributed by atoms with Crippen LogP contribution in [-0.2, 0) is 11.3 Å². The van der Waals surface area contributed by atoms with Crippen molar-refractivity contribution in [3.63, 3.8) is 0 Å². The molecule has 1 aromatic heterocycles. The molecular weight excluding hydrogens is 388 g/mol. The van der Waals surface area contributed by atoms with Crippen LogP contribution in [0.15, 0.2) is 65.3 Å². The quantitative estimate of drug-likeness (QED) is 0.530. The van der Waals surface area contributed by atoms with Crippen LogP contribution in [0.25, 0.3) is 10.8 Å². The number of hydrogen-bond acceptors (Lipinski definition) is 2. The van der Waals surface area contributed by atoms with Gasteiger partial charge in [-0.3, -0.25) is 9.69 Å². The molecule has 134 valence electrons. The van der Waals surface area contributed by atoms with Crippen molar-refractivity contribution in [3.05, 3.63) is 70.8 Å². The molecular formula is C22H23BrN2O. The standard InChI is InChI=1S/C22H23BrN2O/c1-22(2,3)14-20(26)25(15-16-8-10-18(23)11-9-16)21-19-7-5-4-6-17(19)12-13-24-21/h4-13H,14-15H2,1-3H3. The van der Waals surface area contributed by atoms with Gasteiger partial charge in [0, 0.05) is 22.5 Å². The fraction of sp³-hybridized carbons (Fsp3) is 0.273. The van der Waals surface area contributed by atoms with Gasteiger partial charge in [-0.15, -0.1) is 0 Å². The number of rotatable bonds is 4. The molecule has 3 nitrogen and oxygen atoms in total. The van der Waals surface area contributed by atoms with Gasteiger partial charge >= 0.3 is 0 Å². The van der Waals surface area contributed by atoms with Gasteiger partial charge in [0.05, 0.1) is 6.54 Å². The first-order chi connectivity index (χ1) is 12.3. The highest BCUT2D eigenvalue weighted by atomic mass is 79.9. The zero-order valence-electron chi connectivity index (χ0n) is 15.4. The van der Waals surface area contributed by atoms with Gasteiger partial charge in [0.1, 0.15) is 5.82 Å². The van der Waals surface area contributed by atoms with Crippen molar-refractivity contribution in [2.45, 2.75) is 33.7 Å². The maximum atomic E-state index is 13.2. The van der Waals surface area contributed by atoms with E-state index in [0.29, 0.717) is 13.0 Å². The van der Waals surface area contributed by atoms with E-state index in [1.54, 1.807) is 6.20 Å². The second-order valence-electron chi connectivity index (χ2n) is 7.70. The molecule has 0 radical (unpaired) electrons. The Kier molecular flexibility index (Phi) is 5.42. The van der Waals surface area contributed by atoms with Crippen LogP contribution in [0.1, 0.15) is 32.8 Å². The summed E-state index contributed by atoms with van der Waals surface area (Å²) in [5.74, 6) is 0.810. The highest BCUT2D eigenvalue weighted by Crippen LogP contribution is 2.29. The van der Waals surface area contributed by atoms with E-state index in [4.69, 9.17) is 0 Å². The summed E-state index contributed by atoms with van der Waals surface area (Å²) in [5, 5.41) is 2.08. The zero-order valence-corrected chi connectivity index (χ0v) is 17.0. The van der Waals surface area contributed by atoms with E-state index in [0.717, 1.165) is 26.6 Å². The third-order valence-corrected chi connectivity index (χ3v) is 4.67. The van der Waals surface area contributed by atoms with Crippen molar-refractivity contribution in [1.29, 1.82) is 0 Å². The number of fused-ring (bicyclic) bond motifs is 1. The van der Waals surface area contributed by atoms with Gasteiger partial charge in [0.25, 0.3) is 0 Å². The van der Waals surface area contributed by atoms with Gasteiger partial charge in [0.2, 0.25) is 5.91 Å². The lowest BCUT2D eigenvalue weighted by molar-refractivity contribution is -0.120. The van der Waals surface area contributed by atoms with Gasteiger partial charge in [0.15, 0.2) is 0 Å². The summed E-state index contributed by atoms with van der Waals surface area (Å²) in [6, 6.07) is 18.1. The topological polar surface area (TPSA) is 33.2 Å². The minimum Gasteiger partial charge on any atom is -0.292 e. The Bertz CT molecular complexity index is 908. The SMILES string of the molecule is CC(C)(C)CC(=O)N(Cc1ccc(Br)cc1)c1nccc2ccccc12. The van der Waals surface area contributed by atoms with Gasteiger partial charge in [-0.2, -0.15) is 0 Å². The second-order valence-corrected chi connectivity index (χ2v) is 8.62. The fourth-order valence-corrected chi connectivity index (χ4v) is 3.19. The molecule has 0 spiro atoms. The maximum Gasteiger partial charge on any atom is 0.229 e. The largest absolute Gasteiger partial charge is 0.292 e. The number of hydrogen-bond donors (Lipinski definition) is 0.